The van der Waals surface area contributed by atoms with Crippen molar-refractivity contribution < 1.29 is 18.3 Å². The van der Waals surface area contributed by atoms with E-state index in [-0.39, 0.29) is 18.1 Å². The summed E-state index contributed by atoms with van der Waals surface area (Å²) in [7, 11) is 0. The first-order valence-corrected chi connectivity index (χ1v) is 10.3. The number of carbonyl (C=O) groups excluding carboxylic acids is 1. The second kappa shape index (κ2) is 9.56. The fourth-order valence-corrected chi connectivity index (χ4v) is 3.25. The zero-order valence-corrected chi connectivity index (χ0v) is 18.0. The largest absolute Gasteiger partial charge is 0.462 e. The van der Waals surface area contributed by atoms with Gasteiger partial charge in [0.15, 0.2) is 0 Å². The van der Waals surface area contributed by atoms with Gasteiger partial charge in [-0.3, -0.25) is 0 Å². The van der Waals surface area contributed by atoms with Crippen molar-refractivity contribution in [3.8, 4) is 16.9 Å². The summed E-state index contributed by atoms with van der Waals surface area (Å²) in [6, 6.07) is 11.2. The molecule has 4 aromatic rings. The minimum absolute atomic E-state index is 0.165. The number of alkyl halides is 1. The molecule has 0 unspecified atom stereocenters. The van der Waals surface area contributed by atoms with Gasteiger partial charge in [-0.25, -0.2) is 28.5 Å². The summed E-state index contributed by atoms with van der Waals surface area (Å²) in [5.74, 6) is -0.861. The molecule has 0 aliphatic heterocycles. The van der Waals surface area contributed by atoms with E-state index in [2.05, 4.69) is 20.3 Å². The zero-order valence-electron chi connectivity index (χ0n) is 18.0. The van der Waals surface area contributed by atoms with Crippen molar-refractivity contribution in [3.63, 3.8) is 0 Å². The Morgan fingerprint density at radius 1 is 1.15 bits per heavy atom. The Morgan fingerprint density at radius 3 is 2.58 bits per heavy atom. The molecule has 168 valence electrons. The predicted molar refractivity (Wildman–Crippen MR) is 120 cm³/mol. The molecule has 0 saturated carbocycles. The number of imidazole rings is 1. The third kappa shape index (κ3) is 4.87. The highest BCUT2D eigenvalue weighted by Gasteiger charge is 2.18. The average molecular weight is 449 g/mol. The topological polar surface area (TPSA) is 81.9 Å². The molecule has 0 saturated heterocycles. The quantitative estimate of drug-likeness (QED) is 0.392. The number of anilines is 2. The lowest BCUT2D eigenvalue weighted by Gasteiger charge is -2.12. The van der Waals surface area contributed by atoms with E-state index >= 15 is 0 Å². The number of halogens is 2. The van der Waals surface area contributed by atoms with Crippen LogP contribution in [0.15, 0.2) is 61.2 Å². The number of nitrogens with one attached hydrogen (secondary N) is 1. The van der Waals surface area contributed by atoms with E-state index in [9.17, 15) is 13.6 Å². The van der Waals surface area contributed by atoms with Gasteiger partial charge >= 0.3 is 5.97 Å². The predicted octanol–water partition coefficient (Wildman–Crippen LogP) is 5.17. The number of hydrogen-bond donors (Lipinski definition) is 1. The number of nitrogens with zero attached hydrogens (tertiary/aromatic N) is 4. The summed E-state index contributed by atoms with van der Waals surface area (Å²) in [6.07, 6.45) is 4.62. The molecule has 0 radical (unpaired) electrons. The second-order valence-corrected chi connectivity index (χ2v) is 7.22. The highest BCUT2D eigenvalue weighted by Crippen LogP contribution is 2.26. The molecule has 0 amide bonds. The summed E-state index contributed by atoms with van der Waals surface area (Å²) in [6.45, 7) is 3.13. The van der Waals surface area contributed by atoms with Crippen LogP contribution in [0.1, 0.15) is 28.5 Å². The monoisotopic (exact) mass is 449 g/mol. The summed E-state index contributed by atoms with van der Waals surface area (Å²) in [5.41, 5.74) is 3.16. The van der Waals surface area contributed by atoms with Gasteiger partial charge < -0.3 is 14.6 Å². The first-order valence-electron chi connectivity index (χ1n) is 10.3. The lowest BCUT2D eigenvalue weighted by atomic mass is 10.1. The van der Waals surface area contributed by atoms with Crippen LogP contribution in [0, 0.1) is 12.7 Å². The van der Waals surface area contributed by atoms with Crippen molar-refractivity contribution in [2.45, 2.75) is 20.5 Å². The smallest absolute Gasteiger partial charge is 0.341 e. The van der Waals surface area contributed by atoms with E-state index in [1.54, 1.807) is 60.4 Å². The molecule has 1 N–H and O–H groups in total. The molecule has 0 aliphatic rings. The molecule has 2 aromatic heterocycles. The fourth-order valence-electron chi connectivity index (χ4n) is 3.25. The van der Waals surface area contributed by atoms with Gasteiger partial charge in [-0.05, 0) is 37.6 Å². The lowest BCUT2D eigenvalue weighted by Crippen LogP contribution is -2.10. The summed E-state index contributed by atoms with van der Waals surface area (Å²) in [5, 5.41) is 2.96. The highest BCUT2D eigenvalue weighted by molar-refractivity contribution is 5.96. The lowest BCUT2D eigenvalue weighted by molar-refractivity contribution is 0.0526. The minimum atomic E-state index is -0.595. The third-order valence-corrected chi connectivity index (χ3v) is 4.86. The molecule has 0 aliphatic carbocycles. The first kappa shape index (κ1) is 22.1. The second-order valence-electron chi connectivity index (χ2n) is 7.22. The third-order valence-electron chi connectivity index (χ3n) is 4.86. The van der Waals surface area contributed by atoms with Crippen molar-refractivity contribution in [2.75, 3.05) is 11.9 Å². The molecule has 33 heavy (non-hydrogen) atoms. The average Bonchev–Trinajstić information content (AvgIpc) is 3.25. The van der Waals surface area contributed by atoms with Crippen molar-refractivity contribution >= 4 is 17.6 Å². The number of rotatable bonds is 7. The molecule has 2 aromatic carbocycles. The van der Waals surface area contributed by atoms with Crippen LogP contribution in [-0.2, 0) is 11.4 Å². The molecule has 0 atom stereocenters. The summed E-state index contributed by atoms with van der Waals surface area (Å²) in [4.78, 5) is 25.2. The van der Waals surface area contributed by atoms with Gasteiger partial charge in [-0.2, -0.15) is 0 Å². The number of ether oxygens (including phenoxy) is 1. The van der Waals surface area contributed by atoms with Crippen molar-refractivity contribution in [2.24, 2.45) is 0 Å². The molecule has 0 spiro atoms. The Balaban J connectivity index is 1.66. The maximum absolute atomic E-state index is 14.7. The van der Waals surface area contributed by atoms with Gasteiger partial charge in [-0.15, -0.1) is 0 Å². The Kier molecular flexibility index (Phi) is 6.39. The van der Waals surface area contributed by atoms with Crippen LogP contribution in [0.5, 0.6) is 0 Å². The van der Waals surface area contributed by atoms with Gasteiger partial charge in [0.05, 0.1) is 30.0 Å². The van der Waals surface area contributed by atoms with Crippen LogP contribution in [0.4, 0.5) is 20.4 Å². The Hall–Kier alpha value is -4.14. The zero-order chi connectivity index (χ0) is 23.4. The number of hydrogen-bond acceptors (Lipinski definition) is 6. The van der Waals surface area contributed by atoms with Crippen molar-refractivity contribution in [1.29, 1.82) is 0 Å². The summed E-state index contributed by atoms with van der Waals surface area (Å²) < 4.78 is 34.3. The molecule has 0 bridgehead atoms. The van der Waals surface area contributed by atoms with Gasteiger partial charge in [0.25, 0.3) is 0 Å². The minimum Gasteiger partial charge on any atom is -0.462 e. The van der Waals surface area contributed by atoms with Crippen molar-refractivity contribution in [1.82, 2.24) is 19.5 Å². The SMILES string of the molecule is CCOC(=O)c1cnc(Nc2ccc(-n3cnc(C)c3)c(F)c2)nc1-c1ccc(CF)cc1. The molecule has 9 heteroatoms. The molecular formula is C24H21F2N5O2. The number of esters is 1. The maximum atomic E-state index is 14.7. The van der Waals surface area contributed by atoms with E-state index in [0.717, 1.165) is 5.69 Å². The Labute approximate surface area is 189 Å². The standard InChI is InChI=1S/C24H21F2N5O2/c1-3-33-23(32)19-12-27-24(30-22(19)17-6-4-16(11-25)5-7-17)29-18-8-9-21(20(26)10-18)31-13-15(2)28-14-31/h4-10,12-14H,3,11H2,1-2H3,(H,27,29,30). The van der Waals surface area contributed by atoms with E-state index in [4.69, 9.17) is 4.74 Å². The van der Waals surface area contributed by atoms with Crippen LogP contribution in [0.3, 0.4) is 0 Å². The molecule has 2 heterocycles. The van der Waals surface area contributed by atoms with Crippen LogP contribution in [0.25, 0.3) is 16.9 Å². The number of carbonyl (C=O) groups is 1. The molecule has 4 rings (SSSR count). The number of benzene rings is 2. The van der Waals surface area contributed by atoms with E-state index in [0.29, 0.717) is 28.2 Å². The van der Waals surface area contributed by atoms with Gasteiger partial charge in [0, 0.05) is 23.6 Å². The number of aromatic nitrogens is 4. The van der Waals surface area contributed by atoms with Crippen LogP contribution in [-0.4, -0.2) is 32.1 Å². The normalized spacial score (nSPS) is 10.8. The van der Waals surface area contributed by atoms with E-state index < -0.39 is 18.5 Å². The maximum Gasteiger partial charge on any atom is 0.341 e. The number of aryl methyl sites for hydroxylation is 1. The van der Waals surface area contributed by atoms with Crippen LogP contribution < -0.4 is 5.32 Å². The highest BCUT2D eigenvalue weighted by atomic mass is 19.1. The van der Waals surface area contributed by atoms with Gasteiger partial charge in [-0.1, -0.05) is 24.3 Å². The van der Waals surface area contributed by atoms with Gasteiger partial charge in [0.1, 0.15) is 18.1 Å². The Bertz CT molecular complexity index is 1290. The van der Waals surface area contributed by atoms with E-state index in [1.165, 1.54) is 12.3 Å². The van der Waals surface area contributed by atoms with Crippen LogP contribution in [0.2, 0.25) is 0 Å². The molecular weight excluding hydrogens is 428 g/mol. The Morgan fingerprint density at radius 2 is 1.94 bits per heavy atom. The molecule has 7 nitrogen and oxygen atoms in total. The fraction of sp³-hybridized carbons (Fsp3) is 0.167. The summed E-state index contributed by atoms with van der Waals surface area (Å²) >= 11 is 0. The van der Waals surface area contributed by atoms with Crippen molar-refractivity contribution in [3.05, 3.63) is 83.8 Å². The van der Waals surface area contributed by atoms with E-state index in [1.807, 2.05) is 6.92 Å². The van der Waals surface area contributed by atoms with Crippen LogP contribution >= 0.6 is 0 Å². The van der Waals surface area contributed by atoms with Gasteiger partial charge in [0.2, 0.25) is 5.95 Å². The first-order chi connectivity index (χ1) is 16.0. The molecule has 0 fully saturated rings.